The van der Waals surface area contributed by atoms with Gasteiger partial charge in [-0.25, -0.2) is 4.79 Å². The van der Waals surface area contributed by atoms with Crippen LogP contribution in [0.4, 0.5) is 16.2 Å². The lowest BCUT2D eigenvalue weighted by molar-refractivity contribution is 0.208. The molecule has 0 saturated carbocycles. The van der Waals surface area contributed by atoms with Gasteiger partial charge in [-0.3, -0.25) is 4.98 Å². The molecule has 3 rings (SSSR count). The van der Waals surface area contributed by atoms with Crippen LogP contribution in [0.1, 0.15) is 5.56 Å². The first-order valence-electron chi connectivity index (χ1n) is 8.24. The number of aromatic nitrogens is 1. The van der Waals surface area contributed by atoms with E-state index >= 15 is 0 Å². The molecule has 1 aliphatic heterocycles. The van der Waals surface area contributed by atoms with Gasteiger partial charge < -0.3 is 19.9 Å². The second-order valence-electron chi connectivity index (χ2n) is 6.04. The SMILES string of the molecule is COc1ccc(NC(=O)N2CCN(c3c(Cl)cncc3Cl)CC2)c(C)c1. The van der Waals surface area contributed by atoms with Crippen molar-refractivity contribution in [3.63, 3.8) is 0 Å². The van der Waals surface area contributed by atoms with Crippen molar-refractivity contribution in [1.29, 1.82) is 0 Å². The third-order valence-electron chi connectivity index (χ3n) is 4.39. The van der Waals surface area contributed by atoms with Crippen molar-refractivity contribution in [3.8, 4) is 5.75 Å². The lowest BCUT2D eigenvalue weighted by atomic mass is 10.2. The number of anilines is 2. The number of amides is 2. The summed E-state index contributed by atoms with van der Waals surface area (Å²) in [6.07, 6.45) is 3.16. The smallest absolute Gasteiger partial charge is 0.321 e. The van der Waals surface area contributed by atoms with E-state index in [9.17, 15) is 4.79 Å². The minimum Gasteiger partial charge on any atom is -0.497 e. The van der Waals surface area contributed by atoms with E-state index in [0.717, 1.165) is 22.7 Å². The van der Waals surface area contributed by atoms with Crippen LogP contribution in [0.25, 0.3) is 0 Å². The molecule has 0 radical (unpaired) electrons. The number of ether oxygens (including phenoxy) is 1. The zero-order valence-corrected chi connectivity index (χ0v) is 16.1. The van der Waals surface area contributed by atoms with Crippen LogP contribution in [0, 0.1) is 6.92 Å². The molecule has 0 atom stereocenters. The minimum absolute atomic E-state index is 0.121. The van der Waals surface area contributed by atoms with Crippen molar-refractivity contribution < 1.29 is 9.53 Å². The summed E-state index contributed by atoms with van der Waals surface area (Å²) < 4.78 is 5.19. The Morgan fingerprint density at radius 3 is 2.38 bits per heavy atom. The van der Waals surface area contributed by atoms with Crippen LogP contribution >= 0.6 is 23.2 Å². The Morgan fingerprint density at radius 2 is 1.81 bits per heavy atom. The number of benzene rings is 1. The first kappa shape index (κ1) is 18.6. The van der Waals surface area contributed by atoms with Gasteiger partial charge in [0.25, 0.3) is 0 Å². The fourth-order valence-electron chi connectivity index (χ4n) is 2.94. The van der Waals surface area contributed by atoms with E-state index in [1.807, 2.05) is 25.1 Å². The number of nitrogens with one attached hydrogen (secondary N) is 1. The predicted octanol–water partition coefficient (Wildman–Crippen LogP) is 4.06. The van der Waals surface area contributed by atoms with Gasteiger partial charge in [-0.15, -0.1) is 0 Å². The number of nitrogens with zero attached hydrogens (tertiary/aromatic N) is 3. The number of hydrogen-bond donors (Lipinski definition) is 1. The Labute approximate surface area is 162 Å². The van der Waals surface area contributed by atoms with Gasteiger partial charge in [0.2, 0.25) is 0 Å². The topological polar surface area (TPSA) is 57.7 Å². The average molecular weight is 395 g/mol. The van der Waals surface area contributed by atoms with E-state index in [0.29, 0.717) is 36.2 Å². The van der Waals surface area contributed by atoms with Crippen molar-refractivity contribution in [2.24, 2.45) is 0 Å². The normalized spacial score (nSPS) is 14.3. The molecule has 1 aromatic heterocycles. The number of carbonyl (C=O) groups excluding carboxylic acids is 1. The number of piperazine rings is 1. The summed E-state index contributed by atoms with van der Waals surface area (Å²) in [5.41, 5.74) is 2.50. The molecule has 1 aliphatic rings. The second-order valence-corrected chi connectivity index (χ2v) is 6.85. The highest BCUT2D eigenvalue weighted by atomic mass is 35.5. The Balaban J connectivity index is 1.62. The van der Waals surface area contributed by atoms with Crippen molar-refractivity contribution in [1.82, 2.24) is 9.88 Å². The highest BCUT2D eigenvalue weighted by Crippen LogP contribution is 2.33. The maximum absolute atomic E-state index is 12.6. The zero-order valence-electron chi connectivity index (χ0n) is 14.6. The lowest BCUT2D eigenvalue weighted by Gasteiger charge is -2.36. The maximum Gasteiger partial charge on any atom is 0.321 e. The first-order chi connectivity index (χ1) is 12.5. The molecule has 6 nitrogen and oxygen atoms in total. The largest absolute Gasteiger partial charge is 0.497 e. The quantitative estimate of drug-likeness (QED) is 0.852. The van der Waals surface area contributed by atoms with Crippen LogP contribution in [0.5, 0.6) is 5.75 Å². The summed E-state index contributed by atoms with van der Waals surface area (Å²) in [6, 6.07) is 5.44. The first-order valence-corrected chi connectivity index (χ1v) is 8.99. The van der Waals surface area contributed by atoms with Crippen LogP contribution in [0.3, 0.4) is 0 Å². The van der Waals surface area contributed by atoms with Crippen molar-refractivity contribution in [2.45, 2.75) is 6.92 Å². The van der Waals surface area contributed by atoms with E-state index < -0.39 is 0 Å². The van der Waals surface area contributed by atoms with Crippen molar-refractivity contribution >= 4 is 40.6 Å². The number of halogens is 2. The average Bonchev–Trinajstić information content (AvgIpc) is 2.63. The minimum atomic E-state index is -0.121. The summed E-state index contributed by atoms with van der Waals surface area (Å²) in [4.78, 5) is 20.4. The molecule has 1 aromatic carbocycles. The Bertz CT molecular complexity index is 788. The molecule has 1 fully saturated rings. The molecule has 2 amide bonds. The molecule has 26 heavy (non-hydrogen) atoms. The second kappa shape index (κ2) is 8.01. The number of methoxy groups -OCH3 is 1. The number of rotatable bonds is 3. The highest BCUT2D eigenvalue weighted by molar-refractivity contribution is 6.38. The Hall–Kier alpha value is -2.18. The molecule has 138 valence electrons. The summed E-state index contributed by atoms with van der Waals surface area (Å²) >= 11 is 12.4. The third kappa shape index (κ3) is 3.97. The molecular weight excluding hydrogens is 375 g/mol. The molecule has 1 saturated heterocycles. The molecule has 2 heterocycles. The van der Waals surface area contributed by atoms with E-state index in [4.69, 9.17) is 27.9 Å². The molecule has 0 bridgehead atoms. The Kier molecular flexibility index (Phi) is 5.74. The molecular formula is C18H20Cl2N4O2. The number of carbonyl (C=O) groups is 1. The van der Waals surface area contributed by atoms with Gasteiger partial charge in [0, 0.05) is 44.3 Å². The standard InChI is InChI=1S/C18H20Cl2N4O2/c1-12-9-13(26-2)3-4-16(12)22-18(25)24-7-5-23(6-8-24)17-14(19)10-21-11-15(17)20/h3-4,9-11H,5-8H2,1-2H3,(H,22,25). The van der Waals surface area contributed by atoms with Crippen LogP contribution in [-0.4, -0.2) is 49.2 Å². The van der Waals surface area contributed by atoms with Crippen molar-refractivity contribution in [2.75, 3.05) is 43.5 Å². The number of aryl methyl sites for hydroxylation is 1. The molecule has 0 unspecified atom stereocenters. The molecule has 1 N–H and O–H groups in total. The van der Waals surface area contributed by atoms with Crippen LogP contribution < -0.4 is 15.0 Å². The zero-order chi connectivity index (χ0) is 18.7. The van der Waals surface area contributed by atoms with Gasteiger partial charge in [0.05, 0.1) is 22.8 Å². The van der Waals surface area contributed by atoms with Gasteiger partial charge in [-0.05, 0) is 30.7 Å². The van der Waals surface area contributed by atoms with Gasteiger partial charge in [-0.2, -0.15) is 0 Å². The summed E-state index contributed by atoms with van der Waals surface area (Å²) in [5.74, 6) is 0.764. The van der Waals surface area contributed by atoms with Gasteiger partial charge in [0.1, 0.15) is 5.75 Å². The van der Waals surface area contributed by atoms with Gasteiger partial charge >= 0.3 is 6.03 Å². The Morgan fingerprint density at radius 1 is 1.15 bits per heavy atom. The third-order valence-corrected chi connectivity index (χ3v) is 4.94. The predicted molar refractivity (Wildman–Crippen MR) is 105 cm³/mol. The van der Waals surface area contributed by atoms with Crippen LogP contribution in [-0.2, 0) is 0 Å². The van der Waals surface area contributed by atoms with E-state index in [2.05, 4.69) is 15.2 Å². The van der Waals surface area contributed by atoms with Crippen LogP contribution in [0.15, 0.2) is 30.6 Å². The fourth-order valence-corrected chi connectivity index (χ4v) is 3.54. The molecule has 2 aromatic rings. The van der Waals surface area contributed by atoms with Gasteiger partial charge in [-0.1, -0.05) is 23.2 Å². The lowest BCUT2D eigenvalue weighted by Crippen LogP contribution is -2.50. The number of urea groups is 1. The number of pyridine rings is 1. The maximum atomic E-state index is 12.6. The summed E-state index contributed by atoms with van der Waals surface area (Å²) in [6.45, 7) is 4.40. The van der Waals surface area contributed by atoms with Crippen LogP contribution in [0.2, 0.25) is 10.0 Å². The fraction of sp³-hybridized carbons (Fsp3) is 0.333. The van der Waals surface area contributed by atoms with E-state index in [1.54, 1.807) is 24.4 Å². The monoisotopic (exact) mass is 394 g/mol. The van der Waals surface area contributed by atoms with E-state index in [-0.39, 0.29) is 6.03 Å². The van der Waals surface area contributed by atoms with E-state index in [1.165, 1.54) is 0 Å². The molecule has 0 spiro atoms. The highest BCUT2D eigenvalue weighted by Gasteiger charge is 2.24. The summed E-state index contributed by atoms with van der Waals surface area (Å²) in [7, 11) is 1.62. The van der Waals surface area contributed by atoms with Gasteiger partial charge in [0.15, 0.2) is 0 Å². The molecule has 0 aliphatic carbocycles. The molecule has 8 heteroatoms. The number of hydrogen-bond acceptors (Lipinski definition) is 4. The van der Waals surface area contributed by atoms with Crippen molar-refractivity contribution in [3.05, 3.63) is 46.2 Å². The summed E-state index contributed by atoms with van der Waals surface area (Å²) in [5, 5.41) is 4.00.